The van der Waals surface area contributed by atoms with Crippen molar-refractivity contribution >= 4 is 0 Å². The second-order valence-electron chi connectivity index (χ2n) is 5.66. The molecule has 0 aromatic heterocycles. The lowest BCUT2D eigenvalue weighted by Gasteiger charge is -2.29. The van der Waals surface area contributed by atoms with Gasteiger partial charge in [0.05, 0.1) is 0 Å². The van der Waals surface area contributed by atoms with Crippen molar-refractivity contribution in [2.75, 3.05) is 21.3 Å². The highest BCUT2D eigenvalue weighted by Crippen LogP contribution is 2.24. The minimum Gasteiger partial charge on any atom is -0.331 e. The molecule has 1 unspecified atom stereocenters. The van der Waals surface area contributed by atoms with Crippen molar-refractivity contribution in [2.45, 2.75) is 77.6 Å². The zero-order chi connectivity index (χ0) is 16.0. The van der Waals surface area contributed by atoms with E-state index >= 15 is 0 Å². The van der Waals surface area contributed by atoms with Gasteiger partial charge in [-0.1, -0.05) is 51.7 Å². The van der Waals surface area contributed by atoms with Crippen molar-refractivity contribution in [1.82, 2.24) is 0 Å². The Kier molecular flexibility index (Phi) is 13.1. The first-order valence-corrected chi connectivity index (χ1v) is 8.50. The largest absolute Gasteiger partial charge is 0.331 e. The number of unbranched alkanes of at least 4 members (excludes halogenated alkanes) is 3. The molecule has 0 rings (SSSR count). The average Bonchev–Trinajstić information content (AvgIpc) is 2.53. The van der Waals surface area contributed by atoms with Crippen LogP contribution in [0.1, 0.15) is 71.6 Å². The Bertz CT molecular complexity index is 239. The first-order valence-electron chi connectivity index (χ1n) is 8.50. The van der Waals surface area contributed by atoms with Crippen molar-refractivity contribution in [2.24, 2.45) is 5.92 Å². The Morgan fingerprint density at radius 2 is 1.43 bits per heavy atom. The van der Waals surface area contributed by atoms with Gasteiger partial charge in [-0.15, -0.1) is 0 Å². The maximum absolute atomic E-state index is 5.35. The summed E-state index contributed by atoms with van der Waals surface area (Å²) in [5.41, 5.74) is 0. The third kappa shape index (κ3) is 9.28. The predicted octanol–water partition coefficient (Wildman–Crippen LogP) is 5.30. The Labute approximate surface area is 132 Å². The lowest BCUT2D eigenvalue weighted by atomic mass is 9.94. The summed E-state index contributed by atoms with van der Waals surface area (Å²) in [6.07, 6.45) is 15.4. The molecule has 0 bridgehead atoms. The normalized spacial score (nSPS) is 14.0. The number of allylic oxidation sites excluding steroid dienone is 2. The Balaban J connectivity index is 4.23. The maximum atomic E-state index is 5.35. The molecule has 3 nitrogen and oxygen atoms in total. The lowest BCUT2D eigenvalue weighted by Crippen LogP contribution is -2.35. The van der Waals surface area contributed by atoms with Crippen LogP contribution in [-0.4, -0.2) is 27.3 Å². The van der Waals surface area contributed by atoms with Crippen LogP contribution in [0.2, 0.25) is 0 Å². The number of ether oxygens (including phenoxy) is 3. The van der Waals surface area contributed by atoms with Crippen molar-refractivity contribution in [3.05, 3.63) is 12.2 Å². The van der Waals surface area contributed by atoms with Gasteiger partial charge in [0.25, 0.3) is 5.97 Å². The summed E-state index contributed by atoms with van der Waals surface area (Å²) in [6, 6.07) is 0. The molecule has 0 amide bonds. The number of hydrogen-bond acceptors (Lipinski definition) is 3. The van der Waals surface area contributed by atoms with Gasteiger partial charge in [0, 0.05) is 27.8 Å². The second-order valence-corrected chi connectivity index (χ2v) is 5.66. The van der Waals surface area contributed by atoms with Crippen molar-refractivity contribution in [3.8, 4) is 0 Å². The van der Waals surface area contributed by atoms with Crippen LogP contribution in [0, 0.1) is 5.92 Å². The standard InChI is InChI=1S/C18H36O3/c1-6-8-10-11-14-17(13-9-7-2)15-12-16-18(19-3,20-4)21-5/h11,14,17H,6-10,12-13,15-16H2,1-5H3. The van der Waals surface area contributed by atoms with Crippen LogP contribution < -0.4 is 0 Å². The minimum absolute atomic E-state index is 0.671. The van der Waals surface area contributed by atoms with Crippen molar-refractivity contribution in [1.29, 1.82) is 0 Å². The summed E-state index contributed by atoms with van der Waals surface area (Å²) in [5.74, 6) is -0.202. The molecule has 0 heterocycles. The van der Waals surface area contributed by atoms with E-state index in [9.17, 15) is 0 Å². The van der Waals surface area contributed by atoms with E-state index in [1.165, 1.54) is 44.9 Å². The topological polar surface area (TPSA) is 27.7 Å². The molecule has 0 aromatic rings. The molecule has 0 spiro atoms. The quantitative estimate of drug-likeness (QED) is 0.247. The fourth-order valence-corrected chi connectivity index (χ4v) is 2.55. The van der Waals surface area contributed by atoms with Gasteiger partial charge in [-0.2, -0.15) is 0 Å². The molecular weight excluding hydrogens is 264 g/mol. The smallest absolute Gasteiger partial charge is 0.282 e. The Morgan fingerprint density at radius 3 is 1.95 bits per heavy atom. The molecule has 3 heteroatoms. The van der Waals surface area contributed by atoms with Gasteiger partial charge in [-0.3, -0.25) is 0 Å². The third-order valence-corrected chi connectivity index (χ3v) is 4.05. The summed E-state index contributed by atoms with van der Waals surface area (Å²) in [4.78, 5) is 0. The van der Waals surface area contributed by atoms with Gasteiger partial charge in [0.1, 0.15) is 0 Å². The molecular formula is C18H36O3. The fourth-order valence-electron chi connectivity index (χ4n) is 2.55. The van der Waals surface area contributed by atoms with E-state index in [0.29, 0.717) is 5.92 Å². The van der Waals surface area contributed by atoms with Crippen LogP contribution in [0.3, 0.4) is 0 Å². The Hall–Kier alpha value is -0.380. The molecule has 1 atom stereocenters. The third-order valence-electron chi connectivity index (χ3n) is 4.05. The summed E-state index contributed by atoms with van der Waals surface area (Å²) in [6.45, 7) is 4.49. The van der Waals surface area contributed by atoms with Crippen LogP contribution in [0.25, 0.3) is 0 Å². The highest BCUT2D eigenvalue weighted by Gasteiger charge is 2.28. The minimum atomic E-state index is -0.874. The highest BCUT2D eigenvalue weighted by atomic mass is 16.9. The molecule has 0 N–H and O–H groups in total. The molecule has 126 valence electrons. The lowest BCUT2D eigenvalue weighted by molar-refractivity contribution is -0.355. The number of methoxy groups -OCH3 is 3. The fraction of sp³-hybridized carbons (Fsp3) is 0.889. The number of hydrogen-bond donors (Lipinski definition) is 0. The molecule has 21 heavy (non-hydrogen) atoms. The van der Waals surface area contributed by atoms with E-state index in [1.54, 1.807) is 21.3 Å². The molecule has 0 fully saturated rings. The predicted molar refractivity (Wildman–Crippen MR) is 89.3 cm³/mol. The van der Waals surface area contributed by atoms with E-state index in [2.05, 4.69) is 26.0 Å². The van der Waals surface area contributed by atoms with Gasteiger partial charge < -0.3 is 14.2 Å². The van der Waals surface area contributed by atoms with Crippen LogP contribution >= 0.6 is 0 Å². The van der Waals surface area contributed by atoms with Crippen LogP contribution in [0.15, 0.2) is 12.2 Å². The molecule has 0 aromatic carbocycles. The summed E-state index contributed by atoms with van der Waals surface area (Å²) >= 11 is 0. The van der Waals surface area contributed by atoms with Gasteiger partial charge in [-0.05, 0) is 31.6 Å². The van der Waals surface area contributed by atoms with Crippen molar-refractivity contribution < 1.29 is 14.2 Å². The van der Waals surface area contributed by atoms with Gasteiger partial charge in [0.2, 0.25) is 0 Å². The van der Waals surface area contributed by atoms with Crippen LogP contribution in [-0.2, 0) is 14.2 Å². The molecule has 0 saturated heterocycles. The van der Waals surface area contributed by atoms with Gasteiger partial charge in [0.15, 0.2) is 0 Å². The molecule has 0 aliphatic rings. The maximum Gasteiger partial charge on any atom is 0.282 e. The summed E-state index contributed by atoms with van der Waals surface area (Å²) in [7, 11) is 4.89. The number of rotatable bonds is 14. The second kappa shape index (κ2) is 13.3. The molecule has 0 radical (unpaired) electrons. The van der Waals surface area contributed by atoms with E-state index in [-0.39, 0.29) is 0 Å². The van der Waals surface area contributed by atoms with E-state index in [1.807, 2.05) is 0 Å². The van der Waals surface area contributed by atoms with E-state index < -0.39 is 5.97 Å². The monoisotopic (exact) mass is 300 g/mol. The van der Waals surface area contributed by atoms with Gasteiger partial charge >= 0.3 is 0 Å². The van der Waals surface area contributed by atoms with Gasteiger partial charge in [-0.25, -0.2) is 0 Å². The highest BCUT2D eigenvalue weighted by molar-refractivity contribution is 4.88. The van der Waals surface area contributed by atoms with E-state index in [4.69, 9.17) is 14.2 Å². The van der Waals surface area contributed by atoms with Crippen LogP contribution in [0.5, 0.6) is 0 Å². The summed E-state index contributed by atoms with van der Waals surface area (Å²) < 4.78 is 16.0. The molecule has 0 aliphatic carbocycles. The Morgan fingerprint density at radius 1 is 0.857 bits per heavy atom. The first kappa shape index (κ1) is 20.6. The average molecular weight is 300 g/mol. The van der Waals surface area contributed by atoms with Crippen LogP contribution in [0.4, 0.5) is 0 Å². The van der Waals surface area contributed by atoms with Crippen molar-refractivity contribution in [3.63, 3.8) is 0 Å². The molecule has 0 aliphatic heterocycles. The zero-order valence-electron chi connectivity index (χ0n) is 14.8. The SMILES string of the molecule is CCCCC=CC(CCCC)CCCC(OC)(OC)OC. The summed E-state index contributed by atoms with van der Waals surface area (Å²) in [5, 5.41) is 0. The van der Waals surface area contributed by atoms with E-state index in [0.717, 1.165) is 12.8 Å². The first-order chi connectivity index (χ1) is 10.2. The molecule has 0 saturated carbocycles. The zero-order valence-corrected chi connectivity index (χ0v) is 14.8.